The van der Waals surface area contributed by atoms with Gasteiger partial charge in [-0.1, -0.05) is 48.5 Å². The highest BCUT2D eigenvalue weighted by Crippen LogP contribution is 2.11. The lowest BCUT2D eigenvalue weighted by atomic mass is 10.1. The molecule has 1 N–H and O–H groups in total. The summed E-state index contributed by atoms with van der Waals surface area (Å²) in [5.41, 5.74) is 2.30. The van der Waals surface area contributed by atoms with Crippen LogP contribution in [0.5, 0.6) is 0 Å². The van der Waals surface area contributed by atoms with E-state index >= 15 is 0 Å². The molecule has 0 aliphatic heterocycles. The molecule has 0 aliphatic rings. The average molecular weight is 297 g/mol. The van der Waals surface area contributed by atoms with E-state index in [4.69, 9.17) is 4.74 Å². The van der Waals surface area contributed by atoms with Crippen LogP contribution in [0, 0.1) is 6.92 Å². The highest BCUT2D eigenvalue weighted by molar-refractivity contribution is 5.92. The number of hydrogen-bond donors (Lipinski definition) is 1. The number of rotatable bonds is 5. The Bertz CT molecular complexity index is 652. The number of esters is 1. The van der Waals surface area contributed by atoms with Crippen LogP contribution in [0.15, 0.2) is 54.6 Å². The Kier molecular flexibility index (Phi) is 5.31. The topological polar surface area (TPSA) is 55.4 Å². The molecule has 0 fully saturated rings. The van der Waals surface area contributed by atoms with Crippen LogP contribution in [-0.2, 0) is 9.53 Å². The zero-order valence-corrected chi connectivity index (χ0v) is 12.7. The summed E-state index contributed by atoms with van der Waals surface area (Å²) in [6.45, 7) is 3.43. The monoisotopic (exact) mass is 297 g/mol. The van der Waals surface area contributed by atoms with Gasteiger partial charge < -0.3 is 10.1 Å². The van der Waals surface area contributed by atoms with Gasteiger partial charge in [0.25, 0.3) is 5.91 Å². The molecule has 22 heavy (non-hydrogen) atoms. The molecule has 1 amide bonds. The molecule has 2 aromatic carbocycles. The average Bonchev–Trinajstić information content (AvgIpc) is 2.54. The van der Waals surface area contributed by atoms with Crippen molar-refractivity contribution in [3.8, 4) is 0 Å². The van der Waals surface area contributed by atoms with Gasteiger partial charge in [-0.2, -0.15) is 0 Å². The van der Waals surface area contributed by atoms with Gasteiger partial charge in [-0.15, -0.1) is 0 Å². The zero-order valence-electron chi connectivity index (χ0n) is 12.7. The molecule has 0 aromatic heterocycles. The lowest BCUT2D eigenvalue weighted by Crippen LogP contribution is -2.31. The smallest absolute Gasteiger partial charge is 0.338 e. The minimum Gasteiger partial charge on any atom is -0.452 e. The van der Waals surface area contributed by atoms with Gasteiger partial charge in [0.2, 0.25) is 0 Å². The predicted octanol–water partition coefficient (Wildman–Crippen LogP) is 3.03. The molecule has 114 valence electrons. The van der Waals surface area contributed by atoms with E-state index in [1.807, 2.05) is 56.3 Å². The molecule has 0 saturated carbocycles. The Morgan fingerprint density at radius 3 is 2.36 bits per heavy atom. The van der Waals surface area contributed by atoms with Crippen molar-refractivity contribution in [1.29, 1.82) is 0 Å². The van der Waals surface area contributed by atoms with Crippen LogP contribution in [0.3, 0.4) is 0 Å². The van der Waals surface area contributed by atoms with Crippen LogP contribution in [0.25, 0.3) is 0 Å². The normalized spacial score (nSPS) is 11.5. The Hall–Kier alpha value is -2.62. The van der Waals surface area contributed by atoms with E-state index in [1.165, 1.54) is 0 Å². The standard InChI is InChI=1S/C18H19NO3/c1-13-8-6-7-11-16(13)18(21)22-12-17(20)19-14(2)15-9-4-3-5-10-15/h3-11,14H,12H2,1-2H3,(H,19,20). The highest BCUT2D eigenvalue weighted by atomic mass is 16.5. The van der Waals surface area contributed by atoms with E-state index in [9.17, 15) is 9.59 Å². The van der Waals surface area contributed by atoms with Crippen molar-refractivity contribution in [2.75, 3.05) is 6.61 Å². The summed E-state index contributed by atoms with van der Waals surface area (Å²) in [5.74, 6) is -0.807. The Morgan fingerprint density at radius 2 is 1.68 bits per heavy atom. The summed E-state index contributed by atoms with van der Waals surface area (Å²) in [4.78, 5) is 23.8. The van der Waals surface area contributed by atoms with E-state index in [0.717, 1.165) is 11.1 Å². The zero-order chi connectivity index (χ0) is 15.9. The Balaban J connectivity index is 1.85. The third kappa shape index (κ3) is 4.19. The largest absolute Gasteiger partial charge is 0.452 e. The molecular formula is C18H19NO3. The van der Waals surface area contributed by atoms with Gasteiger partial charge in [0.05, 0.1) is 11.6 Å². The van der Waals surface area contributed by atoms with E-state index in [2.05, 4.69) is 5.32 Å². The van der Waals surface area contributed by atoms with Crippen LogP contribution in [-0.4, -0.2) is 18.5 Å². The molecule has 0 bridgehead atoms. The fourth-order valence-electron chi connectivity index (χ4n) is 2.12. The molecule has 2 rings (SSSR count). The predicted molar refractivity (Wildman–Crippen MR) is 84.5 cm³/mol. The van der Waals surface area contributed by atoms with Crippen molar-refractivity contribution >= 4 is 11.9 Å². The maximum absolute atomic E-state index is 11.9. The molecule has 0 spiro atoms. The van der Waals surface area contributed by atoms with Crippen molar-refractivity contribution in [3.63, 3.8) is 0 Å². The van der Waals surface area contributed by atoms with Crippen molar-refractivity contribution < 1.29 is 14.3 Å². The van der Waals surface area contributed by atoms with Crippen molar-refractivity contribution in [2.45, 2.75) is 19.9 Å². The number of nitrogens with one attached hydrogen (secondary N) is 1. The third-order valence-electron chi connectivity index (χ3n) is 3.38. The minimum atomic E-state index is -0.486. The molecule has 0 aliphatic carbocycles. The number of ether oxygens (including phenoxy) is 1. The van der Waals surface area contributed by atoms with Gasteiger partial charge in [-0.05, 0) is 31.0 Å². The SMILES string of the molecule is Cc1ccccc1C(=O)OCC(=O)NC(C)c1ccccc1. The van der Waals surface area contributed by atoms with Gasteiger partial charge in [0.15, 0.2) is 6.61 Å². The molecule has 1 unspecified atom stereocenters. The lowest BCUT2D eigenvalue weighted by Gasteiger charge is -2.14. The van der Waals surface area contributed by atoms with E-state index < -0.39 is 5.97 Å². The molecule has 0 saturated heterocycles. The van der Waals surface area contributed by atoms with Crippen molar-refractivity contribution in [1.82, 2.24) is 5.32 Å². The Labute approximate surface area is 130 Å². The van der Waals surface area contributed by atoms with Crippen LogP contribution >= 0.6 is 0 Å². The van der Waals surface area contributed by atoms with Crippen molar-refractivity contribution in [2.24, 2.45) is 0 Å². The quantitative estimate of drug-likeness (QED) is 0.863. The number of amides is 1. The summed E-state index contributed by atoms with van der Waals surface area (Å²) in [7, 11) is 0. The number of hydrogen-bond acceptors (Lipinski definition) is 3. The fraction of sp³-hybridized carbons (Fsp3) is 0.222. The lowest BCUT2D eigenvalue weighted by molar-refractivity contribution is -0.124. The first kappa shape index (κ1) is 15.8. The first-order chi connectivity index (χ1) is 10.6. The molecular weight excluding hydrogens is 278 g/mol. The minimum absolute atomic E-state index is 0.133. The molecule has 0 radical (unpaired) electrons. The number of carbonyl (C=O) groups excluding carboxylic acids is 2. The first-order valence-electron chi connectivity index (χ1n) is 7.15. The highest BCUT2D eigenvalue weighted by Gasteiger charge is 2.14. The molecule has 4 heteroatoms. The second-order valence-electron chi connectivity index (χ2n) is 5.09. The van der Waals surface area contributed by atoms with Gasteiger partial charge in [-0.25, -0.2) is 4.79 Å². The third-order valence-corrected chi connectivity index (χ3v) is 3.38. The van der Waals surface area contributed by atoms with Crippen molar-refractivity contribution in [3.05, 3.63) is 71.3 Å². The van der Waals surface area contributed by atoms with Gasteiger partial charge >= 0.3 is 5.97 Å². The van der Waals surface area contributed by atoms with Crippen LogP contribution in [0.1, 0.15) is 34.5 Å². The summed E-state index contributed by atoms with van der Waals surface area (Å²) >= 11 is 0. The summed E-state index contributed by atoms with van der Waals surface area (Å²) < 4.78 is 5.06. The van der Waals surface area contributed by atoms with E-state index in [-0.39, 0.29) is 18.6 Å². The Morgan fingerprint density at radius 1 is 1.05 bits per heavy atom. The second kappa shape index (κ2) is 7.41. The maximum Gasteiger partial charge on any atom is 0.338 e. The maximum atomic E-state index is 11.9. The summed E-state index contributed by atoms with van der Waals surface area (Å²) in [6, 6.07) is 16.6. The van der Waals surface area contributed by atoms with Gasteiger partial charge in [0, 0.05) is 0 Å². The number of aryl methyl sites for hydroxylation is 1. The molecule has 4 nitrogen and oxygen atoms in total. The fourth-order valence-corrected chi connectivity index (χ4v) is 2.12. The number of carbonyl (C=O) groups is 2. The second-order valence-corrected chi connectivity index (χ2v) is 5.09. The molecule has 1 atom stereocenters. The van der Waals surface area contributed by atoms with Crippen LogP contribution < -0.4 is 5.32 Å². The van der Waals surface area contributed by atoms with Gasteiger partial charge in [0.1, 0.15) is 0 Å². The van der Waals surface area contributed by atoms with Crippen LogP contribution in [0.2, 0.25) is 0 Å². The van der Waals surface area contributed by atoms with E-state index in [1.54, 1.807) is 12.1 Å². The summed E-state index contributed by atoms with van der Waals surface area (Å²) in [5, 5.41) is 2.80. The first-order valence-corrected chi connectivity index (χ1v) is 7.15. The van der Waals surface area contributed by atoms with Crippen LogP contribution in [0.4, 0.5) is 0 Å². The molecule has 0 heterocycles. The number of benzene rings is 2. The van der Waals surface area contributed by atoms with E-state index in [0.29, 0.717) is 5.56 Å². The van der Waals surface area contributed by atoms with Gasteiger partial charge in [-0.3, -0.25) is 4.79 Å². The summed E-state index contributed by atoms with van der Waals surface area (Å²) in [6.07, 6.45) is 0. The molecule has 2 aromatic rings.